The fraction of sp³-hybridized carbons (Fsp3) is 0.923. The first-order valence-electron chi connectivity index (χ1n) is 6.66. The number of piperazine rings is 1. The van der Waals surface area contributed by atoms with Crippen LogP contribution < -0.4 is 0 Å². The van der Waals surface area contributed by atoms with E-state index >= 15 is 0 Å². The summed E-state index contributed by atoms with van der Waals surface area (Å²) in [5.41, 5.74) is -0.217. The molecule has 0 amide bonds. The summed E-state index contributed by atoms with van der Waals surface area (Å²) < 4.78 is 0. The third-order valence-electron chi connectivity index (χ3n) is 4.32. The summed E-state index contributed by atoms with van der Waals surface area (Å²) in [6.07, 6.45) is 1.01. The van der Waals surface area contributed by atoms with Crippen LogP contribution in [0.3, 0.4) is 0 Å². The van der Waals surface area contributed by atoms with Gasteiger partial charge in [0.15, 0.2) is 0 Å². The molecule has 0 aromatic rings. The van der Waals surface area contributed by atoms with Crippen LogP contribution >= 0.6 is 0 Å². The van der Waals surface area contributed by atoms with E-state index in [1.54, 1.807) is 0 Å². The summed E-state index contributed by atoms with van der Waals surface area (Å²) in [7, 11) is 2.16. The van der Waals surface area contributed by atoms with E-state index in [1.807, 2.05) is 0 Å². The van der Waals surface area contributed by atoms with Crippen molar-refractivity contribution in [3.8, 4) is 6.07 Å². The van der Waals surface area contributed by atoms with E-state index in [2.05, 4.69) is 41.7 Å². The third-order valence-corrected chi connectivity index (χ3v) is 4.32. The van der Waals surface area contributed by atoms with Gasteiger partial charge in [0.25, 0.3) is 0 Å². The Morgan fingerprint density at radius 1 is 1.12 bits per heavy atom. The van der Waals surface area contributed by atoms with Crippen LogP contribution in [0.4, 0.5) is 0 Å². The van der Waals surface area contributed by atoms with Crippen LogP contribution in [0.5, 0.6) is 0 Å². The summed E-state index contributed by atoms with van der Waals surface area (Å²) in [4.78, 5) is 7.19. The highest BCUT2D eigenvalue weighted by atomic mass is 15.3. The van der Waals surface area contributed by atoms with Gasteiger partial charge in [-0.25, -0.2) is 0 Å². The van der Waals surface area contributed by atoms with Crippen molar-refractivity contribution in [1.82, 2.24) is 14.7 Å². The first-order chi connectivity index (χ1) is 8.07. The van der Waals surface area contributed by atoms with Crippen LogP contribution in [-0.2, 0) is 0 Å². The molecule has 0 radical (unpaired) electrons. The normalized spacial score (nSPS) is 33.1. The lowest BCUT2D eigenvalue weighted by Crippen LogP contribution is -2.57. The minimum atomic E-state index is -0.217. The molecule has 17 heavy (non-hydrogen) atoms. The number of likely N-dealkylation sites (tertiary alicyclic amines) is 1. The Morgan fingerprint density at radius 3 is 2.24 bits per heavy atom. The lowest BCUT2D eigenvalue weighted by atomic mass is 9.97. The summed E-state index contributed by atoms with van der Waals surface area (Å²) in [6.45, 7) is 10.7. The van der Waals surface area contributed by atoms with Crippen molar-refractivity contribution in [3.63, 3.8) is 0 Å². The standard InChI is InChI=1S/C13H24N4/c1-12(2)16-5-4-13(10-14,11-16)17-8-6-15(3)7-9-17/h12H,4-9,11H2,1-3H3. The van der Waals surface area contributed by atoms with Crippen molar-refractivity contribution < 1.29 is 0 Å². The van der Waals surface area contributed by atoms with Gasteiger partial charge in [-0.15, -0.1) is 0 Å². The van der Waals surface area contributed by atoms with Crippen LogP contribution in [0.2, 0.25) is 0 Å². The monoisotopic (exact) mass is 236 g/mol. The van der Waals surface area contributed by atoms with Crippen molar-refractivity contribution in [1.29, 1.82) is 5.26 Å². The lowest BCUT2D eigenvalue weighted by molar-refractivity contribution is 0.0747. The Labute approximate surface area is 105 Å². The molecule has 2 fully saturated rings. The van der Waals surface area contributed by atoms with E-state index in [-0.39, 0.29) is 5.54 Å². The first-order valence-corrected chi connectivity index (χ1v) is 6.66. The van der Waals surface area contributed by atoms with Gasteiger partial charge in [-0.3, -0.25) is 9.80 Å². The maximum atomic E-state index is 9.60. The number of rotatable bonds is 2. The number of hydrogen-bond acceptors (Lipinski definition) is 4. The second kappa shape index (κ2) is 4.93. The average Bonchev–Trinajstić information content (AvgIpc) is 2.76. The SMILES string of the molecule is CC(C)N1CCC(C#N)(N2CCN(C)CC2)C1. The Kier molecular flexibility index (Phi) is 3.72. The molecule has 2 saturated heterocycles. The van der Waals surface area contributed by atoms with E-state index in [0.717, 1.165) is 45.7 Å². The number of likely N-dealkylation sites (N-methyl/N-ethyl adjacent to an activating group) is 1. The van der Waals surface area contributed by atoms with Crippen LogP contribution in [0.25, 0.3) is 0 Å². The van der Waals surface area contributed by atoms with Gasteiger partial charge in [-0.2, -0.15) is 5.26 Å². The molecule has 1 atom stereocenters. The van der Waals surface area contributed by atoms with Crippen LogP contribution in [0.1, 0.15) is 20.3 Å². The second-order valence-corrected chi connectivity index (χ2v) is 5.75. The highest BCUT2D eigenvalue weighted by Crippen LogP contribution is 2.29. The van der Waals surface area contributed by atoms with Crippen LogP contribution in [0.15, 0.2) is 0 Å². The fourth-order valence-electron chi connectivity index (χ4n) is 2.92. The molecule has 2 heterocycles. The second-order valence-electron chi connectivity index (χ2n) is 5.75. The summed E-state index contributed by atoms with van der Waals surface area (Å²) in [6, 6.07) is 3.17. The zero-order valence-electron chi connectivity index (χ0n) is 11.3. The van der Waals surface area contributed by atoms with Crippen LogP contribution in [0, 0.1) is 11.3 Å². The number of hydrogen-bond donors (Lipinski definition) is 0. The maximum absolute atomic E-state index is 9.60. The van der Waals surface area contributed by atoms with Gasteiger partial charge >= 0.3 is 0 Å². The molecule has 2 rings (SSSR count). The van der Waals surface area contributed by atoms with E-state index in [9.17, 15) is 5.26 Å². The summed E-state index contributed by atoms with van der Waals surface area (Å²) >= 11 is 0. The molecule has 4 heteroatoms. The van der Waals surface area contributed by atoms with E-state index in [4.69, 9.17) is 0 Å². The molecule has 0 saturated carbocycles. The molecule has 0 aromatic carbocycles. The van der Waals surface area contributed by atoms with Gasteiger partial charge < -0.3 is 4.90 Å². The quantitative estimate of drug-likeness (QED) is 0.703. The molecule has 4 nitrogen and oxygen atoms in total. The third kappa shape index (κ3) is 2.47. The van der Waals surface area contributed by atoms with Gasteiger partial charge in [0.2, 0.25) is 0 Å². The van der Waals surface area contributed by atoms with E-state index < -0.39 is 0 Å². The summed E-state index contributed by atoms with van der Waals surface area (Å²) in [5.74, 6) is 0. The van der Waals surface area contributed by atoms with Gasteiger partial charge in [0.1, 0.15) is 5.54 Å². The van der Waals surface area contributed by atoms with E-state index in [1.165, 1.54) is 0 Å². The Balaban J connectivity index is 2.04. The van der Waals surface area contributed by atoms with Gasteiger partial charge in [-0.05, 0) is 27.3 Å². The molecule has 0 spiro atoms. The molecule has 2 aliphatic heterocycles. The fourth-order valence-corrected chi connectivity index (χ4v) is 2.92. The molecule has 1 unspecified atom stereocenters. The van der Waals surface area contributed by atoms with Crippen LogP contribution in [-0.4, -0.2) is 72.6 Å². The average molecular weight is 236 g/mol. The molecule has 2 aliphatic rings. The molecule has 0 bridgehead atoms. The largest absolute Gasteiger partial charge is 0.304 e. The Bertz CT molecular complexity index is 301. The van der Waals surface area contributed by atoms with Gasteiger partial charge in [-0.1, -0.05) is 0 Å². The predicted octanol–water partition coefficient (Wildman–Crippen LogP) is 0.610. The zero-order chi connectivity index (χ0) is 12.5. The topological polar surface area (TPSA) is 33.5 Å². The zero-order valence-corrected chi connectivity index (χ0v) is 11.3. The van der Waals surface area contributed by atoms with Crippen molar-refractivity contribution in [2.24, 2.45) is 0 Å². The van der Waals surface area contributed by atoms with Crippen molar-refractivity contribution in [2.75, 3.05) is 46.3 Å². The number of nitriles is 1. The molecule has 0 aromatic heterocycles. The highest BCUT2D eigenvalue weighted by molar-refractivity contribution is 5.14. The summed E-state index contributed by atoms with van der Waals surface area (Å²) in [5, 5.41) is 9.60. The Morgan fingerprint density at radius 2 is 1.76 bits per heavy atom. The van der Waals surface area contributed by atoms with Gasteiger partial charge in [0.05, 0.1) is 6.07 Å². The molecular weight excluding hydrogens is 212 g/mol. The van der Waals surface area contributed by atoms with Crippen molar-refractivity contribution >= 4 is 0 Å². The predicted molar refractivity (Wildman–Crippen MR) is 68.7 cm³/mol. The first kappa shape index (κ1) is 12.8. The molecule has 0 N–H and O–H groups in total. The Hall–Kier alpha value is -0.630. The highest BCUT2D eigenvalue weighted by Gasteiger charge is 2.44. The molecule has 96 valence electrons. The maximum Gasteiger partial charge on any atom is 0.123 e. The van der Waals surface area contributed by atoms with E-state index in [0.29, 0.717) is 6.04 Å². The smallest absolute Gasteiger partial charge is 0.123 e. The minimum Gasteiger partial charge on any atom is -0.304 e. The van der Waals surface area contributed by atoms with Gasteiger partial charge in [0, 0.05) is 45.3 Å². The number of nitrogens with zero attached hydrogens (tertiary/aromatic N) is 4. The minimum absolute atomic E-state index is 0.217. The lowest BCUT2D eigenvalue weighted by Gasteiger charge is -2.41. The van der Waals surface area contributed by atoms with Crippen molar-refractivity contribution in [3.05, 3.63) is 0 Å². The molecular formula is C13H24N4. The molecule has 0 aliphatic carbocycles. The van der Waals surface area contributed by atoms with Crippen molar-refractivity contribution in [2.45, 2.75) is 31.8 Å².